The molecule has 1 saturated carbocycles. The van der Waals surface area contributed by atoms with E-state index in [9.17, 15) is 5.11 Å². The van der Waals surface area contributed by atoms with Gasteiger partial charge in [-0.15, -0.1) is 0 Å². The Bertz CT molecular complexity index is 410. The second kappa shape index (κ2) is 5.42. The minimum Gasteiger partial charge on any atom is -0.391 e. The number of hydrogen-bond donors (Lipinski definition) is 3. The summed E-state index contributed by atoms with van der Waals surface area (Å²) in [6.07, 6.45) is 5.45. The van der Waals surface area contributed by atoms with Crippen LogP contribution in [-0.2, 0) is 0 Å². The molecule has 4 nitrogen and oxygen atoms in total. The largest absolute Gasteiger partial charge is 0.391 e. The molecule has 0 aromatic carbocycles. The molecule has 1 heterocycles. The van der Waals surface area contributed by atoms with Crippen LogP contribution in [0.15, 0.2) is 18.3 Å². The molecule has 1 fully saturated rings. The first-order valence-corrected chi connectivity index (χ1v) is 6.28. The molecule has 92 valence electrons. The average molecular weight is 251 g/mol. The zero-order valence-electron chi connectivity index (χ0n) is 9.60. The lowest BCUT2D eigenvalue weighted by molar-refractivity contribution is 0.116. The summed E-state index contributed by atoms with van der Waals surface area (Å²) in [7, 11) is 0. The summed E-state index contributed by atoms with van der Waals surface area (Å²) >= 11 is 4.92. The Kier molecular flexibility index (Phi) is 3.91. The van der Waals surface area contributed by atoms with E-state index in [2.05, 4.69) is 10.3 Å². The highest BCUT2D eigenvalue weighted by atomic mass is 32.1. The Hall–Kier alpha value is -1.20. The molecule has 0 saturated heterocycles. The molecule has 2 atom stereocenters. The Morgan fingerprint density at radius 1 is 1.47 bits per heavy atom. The second-order valence-corrected chi connectivity index (χ2v) is 4.84. The van der Waals surface area contributed by atoms with Gasteiger partial charge in [0.2, 0.25) is 0 Å². The van der Waals surface area contributed by atoms with Gasteiger partial charge in [0.25, 0.3) is 0 Å². The highest BCUT2D eigenvalue weighted by Crippen LogP contribution is 2.21. The smallest absolute Gasteiger partial charge is 0.126 e. The van der Waals surface area contributed by atoms with Gasteiger partial charge < -0.3 is 16.2 Å². The summed E-state index contributed by atoms with van der Waals surface area (Å²) in [5.41, 5.74) is 6.36. The standard InChI is InChI=1S/C12H17N3OS/c13-12(17)8-5-6-14-11(7-8)15-9-3-1-2-4-10(9)16/h5-7,9-10,16H,1-4H2,(H2,13,17)(H,14,15). The van der Waals surface area contributed by atoms with Crippen LogP contribution < -0.4 is 11.1 Å². The van der Waals surface area contributed by atoms with Crippen molar-refractivity contribution in [3.8, 4) is 0 Å². The lowest BCUT2D eigenvalue weighted by Crippen LogP contribution is -2.36. The van der Waals surface area contributed by atoms with Crippen LogP contribution in [0.25, 0.3) is 0 Å². The molecule has 0 radical (unpaired) electrons. The molecule has 0 amide bonds. The molecule has 1 aromatic heterocycles. The fourth-order valence-corrected chi connectivity index (χ4v) is 2.26. The van der Waals surface area contributed by atoms with E-state index in [4.69, 9.17) is 18.0 Å². The van der Waals surface area contributed by atoms with E-state index >= 15 is 0 Å². The number of nitrogens with zero attached hydrogens (tertiary/aromatic N) is 1. The van der Waals surface area contributed by atoms with Crippen molar-refractivity contribution in [2.24, 2.45) is 5.73 Å². The number of aromatic nitrogens is 1. The first-order valence-electron chi connectivity index (χ1n) is 5.87. The van der Waals surface area contributed by atoms with Crippen LogP contribution in [0, 0.1) is 0 Å². The predicted molar refractivity (Wildman–Crippen MR) is 72.0 cm³/mol. The molecule has 1 aromatic rings. The Labute approximate surface area is 106 Å². The van der Waals surface area contributed by atoms with Gasteiger partial charge in [-0.25, -0.2) is 4.98 Å². The van der Waals surface area contributed by atoms with E-state index in [0.717, 1.165) is 37.1 Å². The quantitative estimate of drug-likeness (QED) is 0.709. The molecule has 4 N–H and O–H groups in total. The maximum absolute atomic E-state index is 9.87. The zero-order chi connectivity index (χ0) is 12.3. The number of aliphatic hydroxyl groups is 1. The number of pyridine rings is 1. The van der Waals surface area contributed by atoms with Gasteiger partial charge in [-0.1, -0.05) is 25.1 Å². The van der Waals surface area contributed by atoms with E-state index in [-0.39, 0.29) is 12.1 Å². The molecule has 2 unspecified atom stereocenters. The SMILES string of the molecule is NC(=S)c1ccnc(NC2CCCCC2O)c1. The van der Waals surface area contributed by atoms with Crippen molar-refractivity contribution in [3.05, 3.63) is 23.9 Å². The van der Waals surface area contributed by atoms with Gasteiger partial charge in [0.15, 0.2) is 0 Å². The molecule has 0 aliphatic heterocycles. The van der Waals surface area contributed by atoms with Gasteiger partial charge >= 0.3 is 0 Å². The maximum Gasteiger partial charge on any atom is 0.126 e. The van der Waals surface area contributed by atoms with Gasteiger partial charge in [0.05, 0.1) is 12.1 Å². The molecule has 1 aliphatic rings. The number of hydrogen-bond acceptors (Lipinski definition) is 4. The van der Waals surface area contributed by atoms with Crippen molar-refractivity contribution in [2.75, 3.05) is 5.32 Å². The van der Waals surface area contributed by atoms with Crippen molar-refractivity contribution in [1.29, 1.82) is 0 Å². The Balaban J connectivity index is 2.07. The summed E-state index contributed by atoms with van der Waals surface area (Å²) in [6.45, 7) is 0. The van der Waals surface area contributed by atoms with Crippen LogP contribution in [0.5, 0.6) is 0 Å². The highest BCUT2D eigenvalue weighted by Gasteiger charge is 2.22. The number of thiocarbonyl (C=S) groups is 1. The molecular formula is C12H17N3OS. The first-order chi connectivity index (χ1) is 8.16. The minimum atomic E-state index is -0.293. The fourth-order valence-electron chi connectivity index (χ4n) is 2.13. The average Bonchev–Trinajstić information content (AvgIpc) is 2.32. The number of nitrogens with one attached hydrogen (secondary N) is 1. The van der Waals surface area contributed by atoms with Gasteiger partial charge in [-0.3, -0.25) is 0 Å². The van der Waals surface area contributed by atoms with Gasteiger partial charge in [0.1, 0.15) is 10.8 Å². The number of rotatable bonds is 3. The third-order valence-corrected chi connectivity index (χ3v) is 3.34. The number of anilines is 1. The monoisotopic (exact) mass is 251 g/mol. The van der Waals surface area contributed by atoms with Crippen LogP contribution in [0.3, 0.4) is 0 Å². The Morgan fingerprint density at radius 3 is 2.94 bits per heavy atom. The molecule has 5 heteroatoms. The van der Waals surface area contributed by atoms with Gasteiger partial charge in [0, 0.05) is 11.8 Å². The summed E-state index contributed by atoms with van der Waals surface area (Å²) in [4.78, 5) is 4.57. The summed E-state index contributed by atoms with van der Waals surface area (Å²) in [5, 5.41) is 13.1. The molecule has 1 aliphatic carbocycles. The van der Waals surface area contributed by atoms with Gasteiger partial charge in [-0.2, -0.15) is 0 Å². The molecule has 0 spiro atoms. The second-order valence-electron chi connectivity index (χ2n) is 4.40. The fraction of sp³-hybridized carbons (Fsp3) is 0.500. The molecule has 0 bridgehead atoms. The third kappa shape index (κ3) is 3.14. The molecule has 17 heavy (non-hydrogen) atoms. The van der Waals surface area contributed by atoms with Crippen LogP contribution in [-0.4, -0.2) is 27.2 Å². The van der Waals surface area contributed by atoms with Crippen molar-refractivity contribution in [2.45, 2.75) is 37.8 Å². The lowest BCUT2D eigenvalue weighted by Gasteiger charge is -2.28. The van der Waals surface area contributed by atoms with E-state index in [1.165, 1.54) is 0 Å². The predicted octanol–water partition coefficient (Wildman–Crippen LogP) is 1.43. The summed E-state index contributed by atoms with van der Waals surface area (Å²) < 4.78 is 0. The zero-order valence-corrected chi connectivity index (χ0v) is 10.4. The van der Waals surface area contributed by atoms with Crippen LogP contribution in [0.2, 0.25) is 0 Å². The van der Waals surface area contributed by atoms with Crippen LogP contribution in [0.4, 0.5) is 5.82 Å². The van der Waals surface area contributed by atoms with Crippen LogP contribution >= 0.6 is 12.2 Å². The number of aliphatic hydroxyl groups excluding tert-OH is 1. The minimum absolute atomic E-state index is 0.0813. The molecular weight excluding hydrogens is 234 g/mol. The van der Waals surface area contributed by atoms with E-state index < -0.39 is 0 Å². The van der Waals surface area contributed by atoms with Crippen molar-refractivity contribution in [1.82, 2.24) is 4.98 Å². The first kappa shape index (κ1) is 12.3. The Morgan fingerprint density at radius 2 is 2.24 bits per heavy atom. The highest BCUT2D eigenvalue weighted by molar-refractivity contribution is 7.80. The third-order valence-electron chi connectivity index (χ3n) is 3.11. The van der Waals surface area contributed by atoms with Crippen molar-refractivity contribution >= 4 is 23.0 Å². The van der Waals surface area contributed by atoms with E-state index in [1.807, 2.05) is 6.07 Å². The van der Waals surface area contributed by atoms with Crippen LogP contribution in [0.1, 0.15) is 31.2 Å². The van der Waals surface area contributed by atoms with E-state index in [0.29, 0.717) is 4.99 Å². The topological polar surface area (TPSA) is 71.2 Å². The van der Waals surface area contributed by atoms with E-state index in [1.54, 1.807) is 12.3 Å². The molecule has 2 rings (SSSR count). The summed E-state index contributed by atoms with van der Waals surface area (Å²) in [5.74, 6) is 0.723. The van der Waals surface area contributed by atoms with Crippen molar-refractivity contribution in [3.63, 3.8) is 0 Å². The summed E-state index contributed by atoms with van der Waals surface area (Å²) in [6, 6.07) is 3.69. The normalized spacial score (nSPS) is 24.3. The lowest BCUT2D eigenvalue weighted by atomic mass is 9.92. The maximum atomic E-state index is 9.87. The number of nitrogens with two attached hydrogens (primary N) is 1. The van der Waals surface area contributed by atoms with Crippen molar-refractivity contribution < 1.29 is 5.11 Å². The van der Waals surface area contributed by atoms with Gasteiger partial charge in [-0.05, 0) is 25.0 Å².